The minimum atomic E-state index is -0.346. The van der Waals surface area contributed by atoms with E-state index < -0.39 is 0 Å². The van der Waals surface area contributed by atoms with Crippen molar-refractivity contribution in [1.82, 2.24) is 4.98 Å². The number of nitrogens with zero attached hydrogens (tertiary/aromatic N) is 1. The van der Waals surface area contributed by atoms with Crippen LogP contribution in [0.4, 0.5) is 0 Å². The maximum atomic E-state index is 12.4. The summed E-state index contributed by atoms with van der Waals surface area (Å²) < 4.78 is 0. The third kappa shape index (κ3) is 7.04. The van der Waals surface area contributed by atoms with E-state index in [-0.39, 0.29) is 21.7 Å². The first-order valence-corrected chi connectivity index (χ1v) is 19.4. The van der Waals surface area contributed by atoms with Gasteiger partial charge in [0.15, 0.2) is 0 Å². The first kappa shape index (κ1) is 38.9. The molecule has 2 N–H and O–H groups in total. The molecule has 0 spiro atoms. The van der Waals surface area contributed by atoms with E-state index in [4.69, 9.17) is 4.98 Å². The van der Waals surface area contributed by atoms with Crippen molar-refractivity contribution < 1.29 is 10.2 Å². The third-order valence-corrected chi connectivity index (χ3v) is 12.4. The molecule has 0 aliphatic heterocycles. The fraction of sp³-hybridized carbons (Fsp3) is 0.408. The molecule has 3 heteroatoms. The van der Waals surface area contributed by atoms with Crippen molar-refractivity contribution in [2.24, 2.45) is 0 Å². The maximum Gasteiger partial charge on any atom is 0.127 e. The van der Waals surface area contributed by atoms with Crippen LogP contribution in [-0.2, 0) is 21.7 Å². The number of rotatable bonds is 12. The van der Waals surface area contributed by atoms with Crippen LogP contribution in [0.5, 0.6) is 11.5 Å². The zero-order chi connectivity index (χ0) is 38.2. The SMILES string of the molecule is CCC(C)(C)c1cc(-c2ccccc2)c(O)c(C(C)(C)CC)c1-c1cccc(-c2c(C(C)(C)CC)cc(-c3ccccc3)c(O)c2C(C)(C)CC)n1. The van der Waals surface area contributed by atoms with Gasteiger partial charge in [0.05, 0.1) is 11.4 Å². The van der Waals surface area contributed by atoms with Crippen molar-refractivity contribution in [2.75, 3.05) is 0 Å². The van der Waals surface area contributed by atoms with Crippen molar-refractivity contribution in [3.05, 3.63) is 113 Å². The van der Waals surface area contributed by atoms with Gasteiger partial charge in [-0.3, -0.25) is 0 Å². The van der Waals surface area contributed by atoms with Crippen molar-refractivity contribution in [3.8, 4) is 56.3 Å². The molecule has 274 valence electrons. The van der Waals surface area contributed by atoms with Gasteiger partial charge in [0.2, 0.25) is 0 Å². The van der Waals surface area contributed by atoms with Gasteiger partial charge in [-0.15, -0.1) is 0 Å². The normalized spacial score (nSPS) is 12.7. The first-order valence-electron chi connectivity index (χ1n) is 19.4. The standard InChI is InChI=1S/C49H61NO2/c1-13-46(5,6)36-30-34(32-24-19-17-20-25-32)44(51)42(48(9,10)15-3)40(36)38-28-23-29-39(50-38)41-37(47(7,8)14-2)31-35(33-26-21-18-22-27-33)45(52)43(41)49(11,12)16-4/h17-31,51-52H,13-16H2,1-12H3. The van der Waals surface area contributed by atoms with Crippen molar-refractivity contribution >= 4 is 0 Å². The summed E-state index contributed by atoms with van der Waals surface area (Å²) in [4.78, 5) is 5.61. The fourth-order valence-corrected chi connectivity index (χ4v) is 7.39. The van der Waals surface area contributed by atoms with E-state index in [0.29, 0.717) is 11.5 Å². The lowest BCUT2D eigenvalue weighted by Crippen LogP contribution is -2.24. The van der Waals surface area contributed by atoms with Crippen LogP contribution in [-0.4, -0.2) is 15.2 Å². The van der Waals surface area contributed by atoms with Crippen molar-refractivity contribution in [1.29, 1.82) is 0 Å². The Morgan fingerprint density at radius 1 is 0.442 bits per heavy atom. The summed E-state index contributed by atoms with van der Waals surface area (Å²) in [7, 11) is 0. The average molecular weight is 696 g/mol. The lowest BCUT2D eigenvalue weighted by atomic mass is 9.69. The molecular formula is C49H61NO2. The van der Waals surface area contributed by atoms with Crippen LogP contribution in [0, 0.1) is 0 Å². The minimum absolute atomic E-state index is 0.205. The Labute approximate surface area is 314 Å². The molecule has 0 bridgehead atoms. The van der Waals surface area contributed by atoms with Gasteiger partial charge < -0.3 is 10.2 Å². The molecule has 0 atom stereocenters. The second kappa shape index (κ2) is 14.6. The van der Waals surface area contributed by atoms with Crippen LogP contribution in [0.1, 0.15) is 131 Å². The summed E-state index contributed by atoms with van der Waals surface area (Å²) in [5.41, 5.74) is 10.5. The number of pyridine rings is 1. The van der Waals surface area contributed by atoms with Gasteiger partial charge >= 0.3 is 0 Å². The molecule has 3 nitrogen and oxygen atoms in total. The molecule has 0 saturated carbocycles. The Morgan fingerprint density at radius 2 is 0.769 bits per heavy atom. The van der Waals surface area contributed by atoms with Crippen LogP contribution in [0.2, 0.25) is 0 Å². The molecule has 0 aliphatic rings. The zero-order valence-corrected chi connectivity index (χ0v) is 33.8. The van der Waals surface area contributed by atoms with Gasteiger partial charge in [-0.2, -0.15) is 0 Å². The summed E-state index contributed by atoms with van der Waals surface area (Å²) in [6, 6.07) is 31.3. The zero-order valence-electron chi connectivity index (χ0n) is 33.8. The van der Waals surface area contributed by atoms with E-state index in [9.17, 15) is 10.2 Å². The topological polar surface area (TPSA) is 53.4 Å². The summed E-state index contributed by atoms with van der Waals surface area (Å²) >= 11 is 0. The van der Waals surface area contributed by atoms with Crippen LogP contribution in [0.15, 0.2) is 91.0 Å². The Hall–Kier alpha value is -4.37. The molecule has 0 radical (unpaired) electrons. The minimum Gasteiger partial charge on any atom is -0.507 e. The van der Waals surface area contributed by atoms with E-state index >= 15 is 0 Å². The van der Waals surface area contributed by atoms with Crippen molar-refractivity contribution in [2.45, 2.75) is 130 Å². The van der Waals surface area contributed by atoms with E-state index in [1.807, 2.05) is 36.4 Å². The lowest BCUT2D eigenvalue weighted by molar-refractivity contribution is 0.427. The van der Waals surface area contributed by atoms with Crippen molar-refractivity contribution in [3.63, 3.8) is 0 Å². The number of benzene rings is 4. The molecule has 0 fully saturated rings. The number of aromatic hydroxyl groups is 2. The molecule has 1 aromatic heterocycles. The van der Waals surface area contributed by atoms with Crippen LogP contribution in [0.3, 0.4) is 0 Å². The average Bonchev–Trinajstić information content (AvgIpc) is 3.14. The van der Waals surface area contributed by atoms with E-state index in [1.165, 1.54) is 11.1 Å². The molecule has 1 heterocycles. The molecule has 0 unspecified atom stereocenters. The molecule has 4 aromatic carbocycles. The molecule has 0 amide bonds. The fourth-order valence-electron chi connectivity index (χ4n) is 7.39. The van der Waals surface area contributed by atoms with Gasteiger partial charge in [-0.25, -0.2) is 4.98 Å². The van der Waals surface area contributed by atoms with Gasteiger partial charge in [0, 0.05) is 33.4 Å². The number of hydrogen-bond donors (Lipinski definition) is 2. The van der Waals surface area contributed by atoms with Gasteiger partial charge in [0.1, 0.15) is 11.5 Å². The first-order chi connectivity index (χ1) is 24.5. The van der Waals surface area contributed by atoms with E-state index in [0.717, 1.165) is 81.6 Å². The lowest BCUT2D eigenvalue weighted by Gasteiger charge is -2.36. The molecule has 0 aliphatic carbocycles. The predicted octanol–water partition coefficient (Wildman–Crippen LogP) is 13.9. The Bertz CT molecular complexity index is 1890. The smallest absolute Gasteiger partial charge is 0.127 e. The summed E-state index contributed by atoms with van der Waals surface area (Å²) in [6.45, 7) is 27.0. The van der Waals surface area contributed by atoms with Gasteiger partial charge in [-0.05, 0) is 93.9 Å². The number of aromatic nitrogens is 1. The molecule has 5 aromatic rings. The molecular weight excluding hydrogens is 635 g/mol. The Kier molecular flexibility index (Phi) is 10.9. The predicted molar refractivity (Wildman–Crippen MR) is 223 cm³/mol. The van der Waals surface area contributed by atoms with E-state index in [1.54, 1.807) is 0 Å². The largest absolute Gasteiger partial charge is 0.507 e. The summed E-state index contributed by atoms with van der Waals surface area (Å²) in [6.07, 6.45) is 3.53. The second-order valence-electron chi connectivity index (χ2n) is 17.2. The second-order valence-corrected chi connectivity index (χ2v) is 17.2. The maximum absolute atomic E-state index is 12.4. The molecule has 52 heavy (non-hydrogen) atoms. The van der Waals surface area contributed by atoms with Gasteiger partial charge in [0.25, 0.3) is 0 Å². The monoisotopic (exact) mass is 695 g/mol. The number of phenols is 2. The third-order valence-electron chi connectivity index (χ3n) is 12.4. The quantitative estimate of drug-likeness (QED) is 0.137. The molecule has 0 saturated heterocycles. The molecule has 5 rings (SSSR count). The number of phenolic OH excluding ortho intramolecular Hbond substituents is 2. The highest BCUT2D eigenvalue weighted by molar-refractivity contribution is 5.87. The van der Waals surface area contributed by atoms with Crippen LogP contribution >= 0.6 is 0 Å². The Balaban J connectivity index is 1.95. The van der Waals surface area contributed by atoms with Crippen LogP contribution < -0.4 is 0 Å². The van der Waals surface area contributed by atoms with Gasteiger partial charge in [-0.1, -0.05) is 150 Å². The van der Waals surface area contributed by atoms with E-state index in [2.05, 4.69) is 138 Å². The highest BCUT2D eigenvalue weighted by Crippen LogP contribution is 2.53. The highest BCUT2D eigenvalue weighted by atomic mass is 16.3. The highest BCUT2D eigenvalue weighted by Gasteiger charge is 2.37. The summed E-state index contributed by atoms with van der Waals surface area (Å²) in [5.74, 6) is 0.641. The van der Waals surface area contributed by atoms with Crippen LogP contribution in [0.25, 0.3) is 44.8 Å². The summed E-state index contributed by atoms with van der Waals surface area (Å²) in [5, 5.41) is 24.8. The Morgan fingerprint density at radius 3 is 1.08 bits per heavy atom. The number of hydrogen-bond acceptors (Lipinski definition) is 3.